The molecule has 0 unspecified atom stereocenters. The lowest BCUT2D eigenvalue weighted by molar-refractivity contribution is 0.0682. The summed E-state index contributed by atoms with van der Waals surface area (Å²) in [5.74, 6) is -3.33. The summed E-state index contributed by atoms with van der Waals surface area (Å²) < 4.78 is 0. The highest BCUT2D eigenvalue weighted by Gasteiger charge is 2.14. The van der Waals surface area contributed by atoms with Gasteiger partial charge in [0.2, 0.25) is 0 Å². The Morgan fingerprint density at radius 1 is 0.714 bits per heavy atom. The SMILES string of the molecule is C.O=C(O)c1cc(-c2ccc(O)c(C(=O)O)c2)ccc1O. The van der Waals surface area contributed by atoms with Gasteiger partial charge in [-0.1, -0.05) is 19.6 Å². The molecule has 0 saturated carbocycles. The molecule has 2 rings (SSSR count). The Morgan fingerprint density at radius 3 is 1.33 bits per heavy atom. The third kappa shape index (κ3) is 3.11. The number of aromatic hydroxyl groups is 2. The lowest BCUT2D eigenvalue weighted by atomic mass is 10.00. The number of aromatic carboxylic acids is 2. The molecule has 0 heterocycles. The van der Waals surface area contributed by atoms with Crippen LogP contribution < -0.4 is 0 Å². The zero-order chi connectivity index (χ0) is 14.9. The predicted molar refractivity (Wildman–Crippen MR) is 75.9 cm³/mol. The van der Waals surface area contributed by atoms with Crippen LogP contribution in [0.3, 0.4) is 0 Å². The van der Waals surface area contributed by atoms with Crippen molar-refractivity contribution in [3.63, 3.8) is 0 Å². The van der Waals surface area contributed by atoms with Gasteiger partial charge in [-0.3, -0.25) is 0 Å². The van der Waals surface area contributed by atoms with E-state index in [0.717, 1.165) is 0 Å². The quantitative estimate of drug-likeness (QED) is 0.691. The van der Waals surface area contributed by atoms with Crippen molar-refractivity contribution in [2.24, 2.45) is 0 Å². The molecule has 0 bridgehead atoms. The maximum absolute atomic E-state index is 10.9. The summed E-state index contributed by atoms with van der Waals surface area (Å²) in [6.45, 7) is 0. The average Bonchev–Trinajstić information content (AvgIpc) is 2.39. The van der Waals surface area contributed by atoms with Crippen molar-refractivity contribution in [2.75, 3.05) is 0 Å². The maximum Gasteiger partial charge on any atom is 0.339 e. The number of rotatable bonds is 3. The number of phenols is 2. The second-order valence-electron chi connectivity index (χ2n) is 4.07. The van der Waals surface area contributed by atoms with Crippen LogP contribution >= 0.6 is 0 Å². The van der Waals surface area contributed by atoms with Crippen LogP contribution in [0.25, 0.3) is 11.1 Å². The monoisotopic (exact) mass is 290 g/mol. The van der Waals surface area contributed by atoms with E-state index in [1.807, 2.05) is 0 Å². The first-order valence-electron chi connectivity index (χ1n) is 5.53. The molecule has 0 atom stereocenters. The molecule has 4 N–H and O–H groups in total. The molecule has 2 aromatic rings. The molecular weight excluding hydrogens is 276 g/mol. The highest BCUT2D eigenvalue weighted by Crippen LogP contribution is 2.29. The summed E-state index contributed by atoms with van der Waals surface area (Å²) in [5, 5.41) is 36.7. The van der Waals surface area contributed by atoms with Crippen molar-refractivity contribution in [3.8, 4) is 22.6 Å². The van der Waals surface area contributed by atoms with Crippen molar-refractivity contribution >= 4 is 11.9 Å². The van der Waals surface area contributed by atoms with Crippen molar-refractivity contribution in [1.82, 2.24) is 0 Å². The second-order valence-corrected chi connectivity index (χ2v) is 4.07. The standard InChI is InChI=1S/C14H10O6.CH4/c15-11-3-1-7(5-9(11)13(17)18)8-2-4-12(16)10(6-8)14(19)20;/h1-6,15-16H,(H,17,18)(H,19,20);1H4. The van der Waals surface area contributed by atoms with Gasteiger partial charge in [0.05, 0.1) is 0 Å². The third-order valence-corrected chi connectivity index (χ3v) is 2.79. The van der Waals surface area contributed by atoms with E-state index in [1.54, 1.807) is 0 Å². The Kier molecular flexibility index (Phi) is 4.55. The van der Waals surface area contributed by atoms with Gasteiger partial charge in [0.1, 0.15) is 22.6 Å². The minimum Gasteiger partial charge on any atom is -0.507 e. The number of carboxylic acids is 2. The molecule has 2 aromatic carbocycles. The van der Waals surface area contributed by atoms with Gasteiger partial charge in [0, 0.05) is 0 Å². The smallest absolute Gasteiger partial charge is 0.339 e. The molecule has 0 aromatic heterocycles. The third-order valence-electron chi connectivity index (χ3n) is 2.79. The summed E-state index contributed by atoms with van der Waals surface area (Å²) in [4.78, 5) is 21.9. The Hall–Kier alpha value is -3.02. The van der Waals surface area contributed by atoms with Gasteiger partial charge in [-0.2, -0.15) is 0 Å². The zero-order valence-electron chi connectivity index (χ0n) is 10.1. The van der Waals surface area contributed by atoms with Gasteiger partial charge in [-0.05, 0) is 35.4 Å². The van der Waals surface area contributed by atoms with Crippen LogP contribution in [0.5, 0.6) is 11.5 Å². The number of carbonyl (C=O) groups is 2. The molecule has 6 heteroatoms. The topological polar surface area (TPSA) is 115 Å². The van der Waals surface area contributed by atoms with Gasteiger partial charge >= 0.3 is 11.9 Å². The van der Waals surface area contributed by atoms with Crippen LogP contribution in [-0.4, -0.2) is 32.4 Å². The fraction of sp³-hybridized carbons (Fsp3) is 0.0667. The van der Waals surface area contributed by atoms with Crippen LogP contribution in [0, 0.1) is 0 Å². The van der Waals surface area contributed by atoms with Crippen molar-refractivity contribution in [3.05, 3.63) is 47.5 Å². The molecule has 21 heavy (non-hydrogen) atoms. The summed E-state index contributed by atoms with van der Waals surface area (Å²) >= 11 is 0. The molecule has 110 valence electrons. The van der Waals surface area contributed by atoms with Crippen LogP contribution in [0.4, 0.5) is 0 Å². The van der Waals surface area contributed by atoms with Crippen molar-refractivity contribution in [2.45, 2.75) is 7.43 Å². The van der Waals surface area contributed by atoms with Gasteiger partial charge in [0.15, 0.2) is 0 Å². The normalized spacial score (nSPS) is 9.71. The fourth-order valence-corrected chi connectivity index (χ4v) is 1.77. The Labute approximate surface area is 120 Å². The minimum atomic E-state index is -1.29. The Bertz CT molecular complexity index is 644. The van der Waals surface area contributed by atoms with Crippen LogP contribution in [0.2, 0.25) is 0 Å². The van der Waals surface area contributed by atoms with E-state index >= 15 is 0 Å². The van der Waals surface area contributed by atoms with Crippen molar-refractivity contribution in [1.29, 1.82) is 0 Å². The Balaban J connectivity index is 0.00000220. The lowest BCUT2D eigenvalue weighted by Crippen LogP contribution is -1.99. The predicted octanol–water partition coefficient (Wildman–Crippen LogP) is 2.80. The molecule has 0 aliphatic heterocycles. The average molecular weight is 290 g/mol. The fourth-order valence-electron chi connectivity index (χ4n) is 1.77. The molecule has 0 fully saturated rings. The first-order valence-corrected chi connectivity index (χ1v) is 5.53. The van der Waals surface area contributed by atoms with Crippen LogP contribution in [0.15, 0.2) is 36.4 Å². The lowest BCUT2D eigenvalue weighted by Gasteiger charge is -2.07. The second kappa shape index (κ2) is 5.96. The van der Waals surface area contributed by atoms with Crippen LogP contribution in [0.1, 0.15) is 28.1 Å². The molecule has 0 radical (unpaired) electrons. The molecule has 0 saturated heterocycles. The van der Waals surface area contributed by atoms with E-state index in [2.05, 4.69) is 0 Å². The zero-order valence-corrected chi connectivity index (χ0v) is 10.1. The number of carboxylic acid groups (broad SMARTS) is 2. The van der Waals surface area contributed by atoms with E-state index in [4.69, 9.17) is 10.2 Å². The number of hydrogen-bond acceptors (Lipinski definition) is 4. The summed E-state index contributed by atoms with van der Waals surface area (Å²) in [6, 6.07) is 7.81. The molecule has 0 spiro atoms. The highest BCUT2D eigenvalue weighted by molar-refractivity contribution is 5.94. The maximum atomic E-state index is 10.9. The van der Waals surface area contributed by atoms with Crippen LogP contribution in [-0.2, 0) is 0 Å². The van der Waals surface area contributed by atoms with E-state index < -0.39 is 11.9 Å². The highest BCUT2D eigenvalue weighted by atomic mass is 16.4. The van der Waals surface area contributed by atoms with E-state index in [-0.39, 0.29) is 30.1 Å². The van der Waals surface area contributed by atoms with E-state index in [0.29, 0.717) is 11.1 Å². The van der Waals surface area contributed by atoms with Crippen molar-refractivity contribution < 1.29 is 30.0 Å². The Morgan fingerprint density at radius 2 is 1.05 bits per heavy atom. The molecule has 0 aliphatic carbocycles. The molecule has 0 amide bonds. The molecular formula is C15H14O6. The summed E-state index contributed by atoms with van der Waals surface area (Å²) in [5.41, 5.74) is 0.269. The summed E-state index contributed by atoms with van der Waals surface area (Å²) in [7, 11) is 0. The molecule has 0 aliphatic rings. The molecule has 6 nitrogen and oxygen atoms in total. The first kappa shape index (κ1) is 16.0. The number of hydrogen-bond donors (Lipinski definition) is 4. The number of benzene rings is 2. The summed E-state index contributed by atoms with van der Waals surface area (Å²) in [6.07, 6.45) is 0. The largest absolute Gasteiger partial charge is 0.507 e. The minimum absolute atomic E-state index is 0. The first-order chi connectivity index (χ1) is 9.40. The van der Waals surface area contributed by atoms with Gasteiger partial charge < -0.3 is 20.4 Å². The van der Waals surface area contributed by atoms with E-state index in [1.165, 1.54) is 36.4 Å². The van der Waals surface area contributed by atoms with Gasteiger partial charge in [-0.15, -0.1) is 0 Å². The van der Waals surface area contributed by atoms with E-state index in [9.17, 15) is 19.8 Å². The van der Waals surface area contributed by atoms with Gasteiger partial charge in [0.25, 0.3) is 0 Å². The van der Waals surface area contributed by atoms with Gasteiger partial charge in [-0.25, -0.2) is 9.59 Å².